The van der Waals surface area contributed by atoms with E-state index in [0.29, 0.717) is 12.2 Å². The van der Waals surface area contributed by atoms with Crippen molar-refractivity contribution in [2.45, 2.75) is 71.1 Å². The van der Waals surface area contributed by atoms with Crippen molar-refractivity contribution in [2.24, 2.45) is 11.3 Å². The van der Waals surface area contributed by atoms with Gasteiger partial charge in [0.05, 0.1) is 12.5 Å². The zero-order valence-corrected chi connectivity index (χ0v) is 16.0. The number of methoxy groups -OCH3 is 1. The molecular weight excluding hydrogens is 316 g/mol. The third-order valence-corrected chi connectivity index (χ3v) is 6.65. The summed E-state index contributed by atoms with van der Waals surface area (Å²) in [6, 6.07) is 2.01. The zero-order valence-electron chi connectivity index (χ0n) is 16.0. The molecule has 0 aliphatic heterocycles. The quantitative estimate of drug-likeness (QED) is 0.838. The zero-order chi connectivity index (χ0) is 18.6. The molecule has 0 unspecified atom stereocenters. The smallest absolute Gasteiger partial charge is 0.314 e. The molecule has 0 heterocycles. The molecule has 1 saturated carbocycles. The fraction of sp³-hybridized carbons (Fsp3) is 0.667. The molecule has 25 heavy (non-hydrogen) atoms. The molecule has 1 aromatic rings. The van der Waals surface area contributed by atoms with E-state index in [2.05, 4.69) is 13.8 Å². The van der Waals surface area contributed by atoms with E-state index in [-0.39, 0.29) is 23.0 Å². The highest BCUT2D eigenvalue weighted by molar-refractivity contribution is 5.85. The number of carboxylic acids is 1. The Kier molecular flexibility index (Phi) is 4.29. The summed E-state index contributed by atoms with van der Waals surface area (Å²) in [5, 5.41) is 21.2. The third-order valence-electron chi connectivity index (χ3n) is 6.65. The molecular formula is C21H30O4. The molecule has 0 aromatic heterocycles. The summed E-state index contributed by atoms with van der Waals surface area (Å²) < 4.78 is 5.61. The van der Waals surface area contributed by atoms with Crippen molar-refractivity contribution in [3.63, 3.8) is 0 Å². The van der Waals surface area contributed by atoms with Crippen molar-refractivity contribution < 1.29 is 19.7 Å². The summed E-state index contributed by atoms with van der Waals surface area (Å²) in [7, 11) is 1.53. The van der Waals surface area contributed by atoms with Gasteiger partial charge < -0.3 is 14.9 Å². The van der Waals surface area contributed by atoms with Crippen LogP contribution in [0.4, 0.5) is 0 Å². The third kappa shape index (κ3) is 2.44. The van der Waals surface area contributed by atoms with E-state index in [4.69, 9.17) is 4.74 Å². The molecule has 0 bridgehead atoms. The minimum atomic E-state index is -0.965. The standard InChI is InChI=1S/C21H30O4/c1-12(2)14-11-13-7-8-15-20(3,4)9-6-10-21(15,19(23)24)16(13)18(25-5)17(14)22/h11-12,15,22H,6-10H2,1-5H3,(H,23,24)/t15-,21+/m0/s1. The van der Waals surface area contributed by atoms with Gasteiger partial charge in [0.2, 0.25) is 0 Å². The lowest BCUT2D eigenvalue weighted by molar-refractivity contribution is -0.152. The van der Waals surface area contributed by atoms with Crippen LogP contribution in [0.3, 0.4) is 0 Å². The molecule has 0 spiro atoms. The number of phenolic OH excluding ortho intramolecular Hbond substituents is 1. The number of carboxylic acid groups (broad SMARTS) is 1. The Hall–Kier alpha value is -1.71. The molecule has 2 aliphatic carbocycles. The van der Waals surface area contributed by atoms with Gasteiger partial charge in [-0.3, -0.25) is 4.79 Å². The van der Waals surface area contributed by atoms with Crippen molar-refractivity contribution in [2.75, 3.05) is 7.11 Å². The number of aryl methyl sites for hydroxylation is 1. The molecule has 2 atom stereocenters. The van der Waals surface area contributed by atoms with Gasteiger partial charge in [0.15, 0.2) is 11.5 Å². The minimum absolute atomic E-state index is 0.0360. The fourth-order valence-corrected chi connectivity index (χ4v) is 5.49. The molecule has 138 valence electrons. The van der Waals surface area contributed by atoms with E-state index in [1.807, 2.05) is 19.9 Å². The number of aliphatic carboxylic acids is 1. The Morgan fingerprint density at radius 1 is 1.32 bits per heavy atom. The van der Waals surface area contributed by atoms with Gasteiger partial charge >= 0.3 is 5.97 Å². The number of fused-ring (bicyclic) bond motifs is 3. The number of benzene rings is 1. The van der Waals surface area contributed by atoms with E-state index >= 15 is 0 Å². The summed E-state index contributed by atoms with van der Waals surface area (Å²) in [5.41, 5.74) is 1.60. The molecule has 2 aliphatic rings. The molecule has 0 radical (unpaired) electrons. The van der Waals surface area contributed by atoms with Crippen molar-refractivity contribution in [1.82, 2.24) is 0 Å². The van der Waals surface area contributed by atoms with Crippen molar-refractivity contribution in [3.8, 4) is 11.5 Å². The minimum Gasteiger partial charge on any atom is -0.504 e. The first kappa shape index (κ1) is 18.1. The molecule has 4 heteroatoms. The normalized spacial score (nSPS) is 27.5. The largest absolute Gasteiger partial charge is 0.504 e. The maximum Gasteiger partial charge on any atom is 0.314 e. The fourth-order valence-electron chi connectivity index (χ4n) is 5.49. The lowest BCUT2D eigenvalue weighted by atomic mass is 9.49. The topological polar surface area (TPSA) is 66.8 Å². The first-order valence-corrected chi connectivity index (χ1v) is 9.33. The van der Waals surface area contributed by atoms with E-state index in [1.54, 1.807) is 0 Å². The number of phenols is 1. The van der Waals surface area contributed by atoms with Crippen LogP contribution in [0.5, 0.6) is 11.5 Å². The van der Waals surface area contributed by atoms with E-state index in [9.17, 15) is 15.0 Å². The first-order chi connectivity index (χ1) is 11.7. The number of carbonyl (C=O) groups is 1. The summed E-state index contributed by atoms with van der Waals surface area (Å²) in [6.45, 7) is 8.44. The summed E-state index contributed by atoms with van der Waals surface area (Å²) in [5.74, 6) is -0.0782. The Bertz CT molecular complexity index is 704. The number of hydrogen-bond acceptors (Lipinski definition) is 3. The van der Waals surface area contributed by atoms with Crippen LogP contribution in [0.15, 0.2) is 6.07 Å². The maximum atomic E-state index is 12.6. The van der Waals surface area contributed by atoms with Gasteiger partial charge in [-0.25, -0.2) is 0 Å². The van der Waals surface area contributed by atoms with Gasteiger partial charge in [-0.1, -0.05) is 40.2 Å². The van der Waals surface area contributed by atoms with Crippen LogP contribution in [0.1, 0.15) is 76.0 Å². The Morgan fingerprint density at radius 2 is 2.00 bits per heavy atom. The maximum absolute atomic E-state index is 12.6. The number of aromatic hydroxyl groups is 1. The Labute approximate surface area is 150 Å². The summed E-state index contributed by atoms with van der Waals surface area (Å²) in [4.78, 5) is 12.6. The highest BCUT2D eigenvalue weighted by Gasteiger charge is 2.58. The molecule has 1 fully saturated rings. The SMILES string of the molecule is COc1c(O)c(C(C)C)cc2c1[C@@]1(C(=O)O)CCCC(C)(C)[C@@H]1CC2. The summed E-state index contributed by atoms with van der Waals surface area (Å²) >= 11 is 0. The van der Waals surface area contributed by atoms with E-state index in [1.165, 1.54) is 7.11 Å². The van der Waals surface area contributed by atoms with Gasteiger partial charge in [-0.15, -0.1) is 0 Å². The first-order valence-electron chi connectivity index (χ1n) is 9.33. The van der Waals surface area contributed by atoms with E-state index in [0.717, 1.165) is 42.4 Å². The molecule has 1 aromatic carbocycles. The highest BCUT2D eigenvalue weighted by Crippen LogP contribution is 2.60. The predicted molar refractivity (Wildman–Crippen MR) is 97.5 cm³/mol. The van der Waals surface area contributed by atoms with Crippen LogP contribution >= 0.6 is 0 Å². The highest BCUT2D eigenvalue weighted by atomic mass is 16.5. The lowest BCUT2D eigenvalue weighted by Gasteiger charge is -2.53. The Morgan fingerprint density at radius 3 is 2.56 bits per heavy atom. The monoisotopic (exact) mass is 346 g/mol. The van der Waals surface area contributed by atoms with Gasteiger partial charge in [-0.2, -0.15) is 0 Å². The second-order valence-electron chi connectivity index (χ2n) is 8.75. The predicted octanol–water partition coefficient (Wildman–Crippen LogP) is 4.62. The van der Waals surface area contributed by atoms with Crippen molar-refractivity contribution >= 4 is 5.97 Å². The van der Waals surface area contributed by atoms with Gasteiger partial charge in [0.1, 0.15) is 0 Å². The molecule has 3 rings (SSSR count). The van der Waals surface area contributed by atoms with Crippen LogP contribution in [0, 0.1) is 11.3 Å². The number of ether oxygens (including phenoxy) is 1. The molecule has 4 nitrogen and oxygen atoms in total. The Balaban J connectivity index is 2.34. The number of rotatable bonds is 3. The van der Waals surface area contributed by atoms with Crippen LogP contribution in [0.25, 0.3) is 0 Å². The van der Waals surface area contributed by atoms with Crippen LogP contribution in [0.2, 0.25) is 0 Å². The van der Waals surface area contributed by atoms with Crippen LogP contribution in [-0.2, 0) is 16.6 Å². The average molecular weight is 346 g/mol. The van der Waals surface area contributed by atoms with Gasteiger partial charge in [0.25, 0.3) is 0 Å². The van der Waals surface area contributed by atoms with Crippen LogP contribution in [-0.4, -0.2) is 23.3 Å². The van der Waals surface area contributed by atoms with Crippen molar-refractivity contribution in [3.05, 3.63) is 22.8 Å². The molecule has 0 saturated heterocycles. The second kappa shape index (κ2) is 5.93. The molecule has 0 amide bonds. The lowest BCUT2D eigenvalue weighted by Crippen LogP contribution is -2.54. The second-order valence-corrected chi connectivity index (χ2v) is 8.75. The van der Waals surface area contributed by atoms with Crippen LogP contribution < -0.4 is 4.74 Å². The number of hydrogen-bond donors (Lipinski definition) is 2. The van der Waals surface area contributed by atoms with E-state index < -0.39 is 11.4 Å². The molecule has 2 N–H and O–H groups in total. The van der Waals surface area contributed by atoms with Gasteiger partial charge in [-0.05, 0) is 48.5 Å². The van der Waals surface area contributed by atoms with Gasteiger partial charge in [0, 0.05) is 11.1 Å². The average Bonchev–Trinajstić information content (AvgIpc) is 2.53. The van der Waals surface area contributed by atoms with Crippen molar-refractivity contribution in [1.29, 1.82) is 0 Å². The summed E-state index contributed by atoms with van der Waals surface area (Å²) in [6.07, 6.45) is 4.25.